The molecule has 1 aromatic rings. The zero-order chi connectivity index (χ0) is 12.0. The molecule has 1 saturated carbocycles. The van der Waals surface area contributed by atoms with Crippen LogP contribution in [0.2, 0.25) is 25.7 Å². The van der Waals surface area contributed by atoms with Gasteiger partial charge in [0.1, 0.15) is 0 Å². The number of alkyl halides is 2. The molecule has 0 nitrogen and oxygen atoms in total. The van der Waals surface area contributed by atoms with E-state index in [1.54, 1.807) is 0 Å². The molecule has 0 unspecified atom stereocenters. The van der Waals surface area contributed by atoms with Gasteiger partial charge in [0.15, 0.2) is 0 Å². The summed E-state index contributed by atoms with van der Waals surface area (Å²) in [5.41, 5.74) is 1.80. The molecule has 0 bridgehead atoms. The van der Waals surface area contributed by atoms with Crippen LogP contribution in [0.15, 0.2) is 30.3 Å². The maximum absolute atomic E-state index is 3.84. The predicted molar refractivity (Wildman–Crippen MR) is 81.5 cm³/mol. The van der Waals surface area contributed by atoms with Crippen LogP contribution in [-0.4, -0.2) is 11.3 Å². The second kappa shape index (κ2) is 3.96. The van der Waals surface area contributed by atoms with Gasteiger partial charge in [-0.15, -0.1) is 0 Å². The summed E-state index contributed by atoms with van der Waals surface area (Å²) in [6, 6.07) is 12.3. The van der Waals surface area contributed by atoms with Crippen molar-refractivity contribution in [2.75, 3.05) is 0 Å². The first-order valence-corrected chi connectivity index (χ1v) is 11.0. The Morgan fingerprint density at radius 3 is 2.00 bits per heavy atom. The highest BCUT2D eigenvalue weighted by Crippen LogP contribution is 2.70. The molecule has 0 N–H and O–H groups in total. The van der Waals surface area contributed by atoms with Crippen molar-refractivity contribution in [1.82, 2.24) is 0 Å². The molecular weight excluding hydrogens is 344 g/mol. The molecule has 2 rings (SSSR count). The average Bonchev–Trinajstić information content (AvgIpc) is 2.68. The Labute approximate surface area is 116 Å². The van der Waals surface area contributed by atoms with Gasteiger partial charge in [-0.25, -0.2) is 0 Å². The maximum atomic E-state index is 3.84. The predicted octanol–water partition coefficient (Wildman–Crippen LogP) is 5.15. The van der Waals surface area contributed by atoms with E-state index in [2.05, 4.69) is 81.8 Å². The quantitative estimate of drug-likeness (QED) is 0.515. The number of rotatable bonds is 3. The average molecular weight is 362 g/mol. The summed E-state index contributed by atoms with van der Waals surface area (Å²) < 4.78 is 0.134. The molecule has 0 spiro atoms. The van der Waals surface area contributed by atoms with Crippen molar-refractivity contribution >= 4 is 39.9 Å². The fourth-order valence-corrected chi connectivity index (χ4v) is 7.26. The summed E-state index contributed by atoms with van der Waals surface area (Å²) in [6.07, 6.45) is 1.20. The van der Waals surface area contributed by atoms with Crippen LogP contribution >= 0.6 is 31.9 Å². The highest BCUT2D eigenvalue weighted by Gasteiger charge is 2.66. The number of hydrogen-bond donors (Lipinski definition) is 0. The second-order valence-electron chi connectivity index (χ2n) is 6.07. The summed E-state index contributed by atoms with van der Waals surface area (Å²) in [5.74, 6) is 0. The van der Waals surface area contributed by atoms with Crippen LogP contribution < -0.4 is 0 Å². The Morgan fingerprint density at radius 1 is 1.12 bits per heavy atom. The van der Waals surface area contributed by atoms with E-state index in [1.807, 2.05) is 0 Å². The normalized spacial score (nSPS) is 27.8. The van der Waals surface area contributed by atoms with E-state index in [-0.39, 0.29) is 3.23 Å². The van der Waals surface area contributed by atoms with Gasteiger partial charge in [0.25, 0.3) is 0 Å². The fraction of sp³-hybridized carbons (Fsp3) is 0.538. The van der Waals surface area contributed by atoms with Gasteiger partial charge in [-0.3, -0.25) is 0 Å². The molecule has 1 fully saturated rings. The Bertz CT molecular complexity index is 381. The van der Waals surface area contributed by atoms with Gasteiger partial charge >= 0.3 is 0 Å². The third-order valence-corrected chi connectivity index (χ3v) is 7.00. The minimum atomic E-state index is -1.06. The number of benzene rings is 1. The van der Waals surface area contributed by atoms with Crippen LogP contribution in [0, 0.1) is 0 Å². The summed E-state index contributed by atoms with van der Waals surface area (Å²) in [4.78, 5) is 0. The standard InChI is InChI=1S/C13H18Br2Si/c1-16(2,3)10-12(9-13(12,14)15)11-7-5-4-6-8-11/h4-8H,9-10H2,1-3H3/t12-/m1/s1. The summed E-state index contributed by atoms with van der Waals surface area (Å²) in [7, 11) is -1.06. The largest absolute Gasteiger partial charge is 0.0908 e. The van der Waals surface area contributed by atoms with E-state index in [1.165, 1.54) is 18.0 Å². The molecule has 1 atom stereocenters. The molecule has 0 aliphatic heterocycles. The lowest BCUT2D eigenvalue weighted by molar-refractivity contribution is 0.768. The lowest BCUT2D eigenvalue weighted by Crippen LogP contribution is -2.29. The molecular formula is C13H18Br2Si. The van der Waals surface area contributed by atoms with Crippen molar-refractivity contribution in [2.45, 2.75) is 40.8 Å². The summed E-state index contributed by atoms with van der Waals surface area (Å²) >= 11 is 7.68. The van der Waals surface area contributed by atoms with Gasteiger partial charge in [0, 0.05) is 13.5 Å². The summed E-state index contributed by atoms with van der Waals surface area (Å²) in [6.45, 7) is 7.35. The van der Waals surface area contributed by atoms with E-state index >= 15 is 0 Å². The Kier molecular flexibility index (Phi) is 3.18. The van der Waals surface area contributed by atoms with E-state index in [9.17, 15) is 0 Å². The minimum absolute atomic E-state index is 0.134. The molecule has 16 heavy (non-hydrogen) atoms. The van der Waals surface area contributed by atoms with Crippen molar-refractivity contribution in [3.8, 4) is 0 Å². The molecule has 0 amide bonds. The third kappa shape index (κ3) is 2.32. The van der Waals surface area contributed by atoms with Crippen LogP contribution in [0.4, 0.5) is 0 Å². The molecule has 3 heteroatoms. The first-order valence-electron chi connectivity index (χ1n) is 5.70. The second-order valence-corrected chi connectivity index (χ2v) is 15.3. The minimum Gasteiger partial charge on any atom is -0.0717 e. The molecule has 1 aromatic carbocycles. The van der Waals surface area contributed by atoms with Gasteiger partial charge in [-0.2, -0.15) is 0 Å². The molecule has 0 radical (unpaired) electrons. The Balaban J connectivity index is 2.33. The van der Waals surface area contributed by atoms with Gasteiger partial charge in [0.2, 0.25) is 0 Å². The molecule has 0 heterocycles. The van der Waals surface area contributed by atoms with E-state index < -0.39 is 8.07 Å². The van der Waals surface area contributed by atoms with E-state index in [4.69, 9.17) is 0 Å². The zero-order valence-corrected chi connectivity index (χ0v) is 14.2. The third-order valence-electron chi connectivity index (χ3n) is 3.26. The fourth-order valence-electron chi connectivity index (χ4n) is 2.60. The first kappa shape index (κ1) is 12.8. The first-order chi connectivity index (χ1) is 7.27. The lowest BCUT2D eigenvalue weighted by atomic mass is 9.98. The van der Waals surface area contributed by atoms with E-state index in [0.29, 0.717) is 5.41 Å². The maximum Gasteiger partial charge on any atom is 0.0908 e. The van der Waals surface area contributed by atoms with Gasteiger partial charge in [-0.1, -0.05) is 81.8 Å². The van der Waals surface area contributed by atoms with Crippen molar-refractivity contribution in [1.29, 1.82) is 0 Å². The smallest absolute Gasteiger partial charge is 0.0717 e. The van der Waals surface area contributed by atoms with Crippen LogP contribution in [0.5, 0.6) is 0 Å². The van der Waals surface area contributed by atoms with Crippen molar-refractivity contribution in [3.05, 3.63) is 35.9 Å². The van der Waals surface area contributed by atoms with Gasteiger partial charge in [-0.05, 0) is 18.0 Å². The SMILES string of the molecule is C[Si](C)(C)C[C@@]1(c2ccccc2)CC1(Br)Br. The topological polar surface area (TPSA) is 0 Å². The number of hydrogen-bond acceptors (Lipinski definition) is 0. The zero-order valence-electron chi connectivity index (χ0n) is 10.1. The van der Waals surface area contributed by atoms with Gasteiger partial charge < -0.3 is 0 Å². The van der Waals surface area contributed by atoms with Crippen LogP contribution in [0.1, 0.15) is 12.0 Å². The molecule has 0 saturated heterocycles. The summed E-state index contributed by atoms with van der Waals surface area (Å²) in [5, 5.41) is 0. The van der Waals surface area contributed by atoms with Crippen LogP contribution in [-0.2, 0) is 5.41 Å². The molecule has 88 valence electrons. The van der Waals surface area contributed by atoms with E-state index in [0.717, 1.165) is 0 Å². The van der Waals surface area contributed by atoms with Crippen LogP contribution in [0.3, 0.4) is 0 Å². The highest BCUT2D eigenvalue weighted by atomic mass is 79.9. The molecule has 1 aliphatic carbocycles. The highest BCUT2D eigenvalue weighted by molar-refractivity contribution is 9.25. The number of halogens is 2. The van der Waals surface area contributed by atoms with Crippen molar-refractivity contribution < 1.29 is 0 Å². The Hall–Kier alpha value is 0.397. The molecule has 0 aromatic heterocycles. The van der Waals surface area contributed by atoms with Crippen LogP contribution in [0.25, 0.3) is 0 Å². The van der Waals surface area contributed by atoms with Crippen molar-refractivity contribution in [3.63, 3.8) is 0 Å². The molecule has 1 aliphatic rings. The monoisotopic (exact) mass is 360 g/mol. The van der Waals surface area contributed by atoms with Crippen molar-refractivity contribution in [2.24, 2.45) is 0 Å². The Morgan fingerprint density at radius 2 is 1.62 bits per heavy atom. The van der Waals surface area contributed by atoms with Gasteiger partial charge in [0.05, 0.1) is 3.23 Å². The lowest BCUT2D eigenvalue weighted by Gasteiger charge is -2.26.